The summed E-state index contributed by atoms with van der Waals surface area (Å²) >= 11 is 0. The van der Waals surface area contributed by atoms with Crippen LogP contribution in [0.5, 0.6) is 0 Å². The van der Waals surface area contributed by atoms with E-state index in [9.17, 15) is 4.79 Å². The van der Waals surface area contributed by atoms with Crippen molar-refractivity contribution in [3.05, 3.63) is 29.8 Å². The summed E-state index contributed by atoms with van der Waals surface area (Å²) in [5, 5.41) is 3.06. The first kappa shape index (κ1) is 14.6. The molecule has 0 saturated carbocycles. The zero-order chi connectivity index (χ0) is 13.4. The van der Waals surface area contributed by atoms with Gasteiger partial charge in [0.2, 0.25) is 0 Å². The van der Waals surface area contributed by atoms with Crippen LogP contribution in [0, 0.1) is 0 Å². The van der Waals surface area contributed by atoms with E-state index < -0.39 is 0 Å². The third-order valence-corrected chi connectivity index (χ3v) is 2.58. The highest BCUT2D eigenvalue weighted by Crippen LogP contribution is 2.11. The van der Waals surface area contributed by atoms with E-state index in [2.05, 4.69) is 24.4 Å². The number of anilines is 1. The first-order valence-electron chi connectivity index (χ1n) is 6.64. The number of benzene rings is 1. The van der Waals surface area contributed by atoms with Gasteiger partial charge in [-0.3, -0.25) is 4.79 Å². The molecule has 3 heteroatoms. The molecule has 0 aliphatic rings. The van der Waals surface area contributed by atoms with Crippen LogP contribution in [0.25, 0.3) is 0 Å². The van der Waals surface area contributed by atoms with E-state index in [0.717, 1.165) is 12.1 Å². The molecule has 0 aliphatic carbocycles. The highest BCUT2D eigenvalue weighted by atomic mass is 16.5. The van der Waals surface area contributed by atoms with Crippen molar-refractivity contribution >= 4 is 11.7 Å². The minimum absolute atomic E-state index is 0.0595. The van der Waals surface area contributed by atoms with E-state index in [4.69, 9.17) is 4.74 Å². The van der Waals surface area contributed by atoms with Crippen LogP contribution in [-0.2, 0) is 16.0 Å². The molecule has 18 heavy (non-hydrogen) atoms. The Balaban J connectivity index is 2.37. The van der Waals surface area contributed by atoms with Gasteiger partial charge in [0.05, 0.1) is 6.10 Å². The van der Waals surface area contributed by atoms with Gasteiger partial charge < -0.3 is 10.1 Å². The molecule has 0 atom stereocenters. The molecule has 0 fully saturated rings. The Morgan fingerprint density at radius 2 is 1.94 bits per heavy atom. The molecule has 1 aromatic carbocycles. The van der Waals surface area contributed by atoms with Crippen LogP contribution in [-0.4, -0.2) is 18.6 Å². The van der Waals surface area contributed by atoms with Gasteiger partial charge in [-0.05, 0) is 44.4 Å². The Hall–Kier alpha value is -1.51. The minimum atomic E-state index is -0.222. The summed E-state index contributed by atoms with van der Waals surface area (Å²) in [5.41, 5.74) is 2.29. The second-order valence-electron chi connectivity index (χ2n) is 4.69. The number of rotatable bonds is 7. The molecule has 0 bridgehead atoms. The molecule has 0 saturated heterocycles. The molecular formula is C15H23NO2. The van der Waals surface area contributed by atoms with Gasteiger partial charge in [-0.25, -0.2) is 0 Å². The fraction of sp³-hybridized carbons (Fsp3) is 0.533. The van der Waals surface area contributed by atoms with Gasteiger partial charge in [-0.1, -0.05) is 25.5 Å². The highest BCUT2D eigenvalue weighted by Gasteiger charge is 2.04. The van der Waals surface area contributed by atoms with Crippen molar-refractivity contribution in [1.82, 2.24) is 0 Å². The first-order valence-corrected chi connectivity index (χ1v) is 6.64. The van der Waals surface area contributed by atoms with Crippen molar-refractivity contribution < 1.29 is 9.53 Å². The molecule has 0 amide bonds. The number of hydrogen-bond acceptors (Lipinski definition) is 3. The van der Waals surface area contributed by atoms with Crippen LogP contribution in [0.4, 0.5) is 5.69 Å². The second kappa shape index (κ2) is 7.75. The monoisotopic (exact) mass is 249 g/mol. The molecule has 100 valence electrons. The molecule has 1 aromatic rings. The van der Waals surface area contributed by atoms with Crippen molar-refractivity contribution in [3.63, 3.8) is 0 Å². The van der Waals surface area contributed by atoms with E-state index in [-0.39, 0.29) is 18.6 Å². The van der Waals surface area contributed by atoms with E-state index in [0.29, 0.717) is 0 Å². The van der Waals surface area contributed by atoms with E-state index in [1.165, 1.54) is 18.4 Å². The topological polar surface area (TPSA) is 38.3 Å². The molecule has 0 aromatic heterocycles. The number of carbonyl (C=O) groups is 1. The lowest BCUT2D eigenvalue weighted by atomic mass is 10.1. The number of carbonyl (C=O) groups excluding carboxylic acids is 1. The van der Waals surface area contributed by atoms with Crippen molar-refractivity contribution in [3.8, 4) is 0 Å². The van der Waals surface area contributed by atoms with Crippen LogP contribution >= 0.6 is 0 Å². The summed E-state index contributed by atoms with van der Waals surface area (Å²) in [4.78, 5) is 11.4. The summed E-state index contributed by atoms with van der Waals surface area (Å²) in [6, 6.07) is 8.22. The quantitative estimate of drug-likeness (QED) is 0.753. The van der Waals surface area contributed by atoms with Crippen molar-refractivity contribution in [2.45, 2.75) is 46.1 Å². The second-order valence-corrected chi connectivity index (χ2v) is 4.69. The van der Waals surface area contributed by atoms with Crippen molar-refractivity contribution in [1.29, 1.82) is 0 Å². The number of esters is 1. The first-order chi connectivity index (χ1) is 8.61. The standard InChI is InChI=1S/C15H23NO2/c1-4-5-6-13-7-9-14(10-8-13)16-11-15(17)18-12(2)3/h7-10,12,16H,4-6,11H2,1-3H3. The normalized spacial score (nSPS) is 10.4. The maximum Gasteiger partial charge on any atom is 0.325 e. The van der Waals surface area contributed by atoms with Crippen molar-refractivity contribution in [2.75, 3.05) is 11.9 Å². The molecule has 3 nitrogen and oxygen atoms in total. The maximum absolute atomic E-state index is 11.4. The van der Waals surface area contributed by atoms with Crippen LogP contribution in [0.15, 0.2) is 24.3 Å². The zero-order valence-electron chi connectivity index (χ0n) is 11.5. The molecule has 0 unspecified atom stereocenters. The van der Waals surface area contributed by atoms with Gasteiger partial charge in [-0.15, -0.1) is 0 Å². The molecule has 0 radical (unpaired) electrons. The number of ether oxygens (including phenoxy) is 1. The average Bonchev–Trinajstić information content (AvgIpc) is 2.34. The Labute approximate surface area is 110 Å². The van der Waals surface area contributed by atoms with Gasteiger partial charge in [0.25, 0.3) is 0 Å². The molecule has 1 rings (SSSR count). The Bertz CT molecular complexity index is 357. The largest absolute Gasteiger partial charge is 0.462 e. The van der Waals surface area contributed by atoms with E-state index in [1.54, 1.807) is 0 Å². The SMILES string of the molecule is CCCCc1ccc(NCC(=O)OC(C)C)cc1. The molecule has 0 spiro atoms. The smallest absolute Gasteiger partial charge is 0.325 e. The molecular weight excluding hydrogens is 226 g/mol. The average molecular weight is 249 g/mol. The number of nitrogens with one attached hydrogen (secondary N) is 1. The molecule has 0 heterocycles. The summed E-state index contributed by atoms with van der Waals surface area (Å²) in [6.45, 7) is 6.10. The summed E-state index contributed by atoms with van der Waals surface area (Å²) in [5.74, 6) is -0.222. The lowest BCUT2D eigenvalue weighted by Gasteiger charge is -2.10. The van der Waals surface area contributed by atoms with Crippen LogP contribution in [0.3, 0.4) is 0 Å². The highest BCUT2D eigenvalue weighted by molar-refractivity contribution is 5.75. The maximum atomic E-state index is 11.4. The Morgan fingerprint density at radius 3 is 2.50 bits per heavy atom. The summed E-state index contributed by atoms with van der Waals surface area (Å²) in [6.07, 6.45) is 3.48. The van der Waals surface area contributed by atoms with Gasteiger partial charge in [0.1, 0.15) is 6.54 Å². The van der Waals surface area contributed by atoms with Crippen LogP contribution < -0.4 is 5.32 Å². The number of aryl methyl sites for hydroxylation is 1. The molecule has 0 aliphatic heterocycles. The fourth-order valence-corrected chi connectivity index (χ4v) is 1.65. The van der Waals surface area contributed by atoms with E-state index in [1.807, 2.05) is 26.0 Å². The van der Waals surface area contributed by atoms with Gasteiger partial charge in [-0.2, -0.15) is 0 Å². The summed E-state index contributed by atoms with van der Waals surface area (Å²) in [7, 11) is 0. The third kappa shape index (κ3) is 5.71. The predicted octanol–water partition coefficient (Wildman–Crippen LogP) is 3.39. The van der Waals surface area contributed by atoms with Gasteiger partial charge in [0, 0.05) is 5.69 Å². The zero-order valence-corrected chi connectivity index (χ0v) is 11.5. The number of unbranched alkanes of at least 4 members (excludes halogenated alkanes) is 1. The van der Waals surface area contributed by atoms with Crippen molar-refractivity contribution in [2.24, 2.45) is 0 Å². The predicted molar refractivity (Wildman–Crippen MR) is 74.8 cm³/mol. The minimum Gasteiger partial charge on any atom is -0.462 e. The molecule has 1 N–H and O–H groups in total. The third-order valence-electron chi connectivity index (χ3n) is 2.58. The lowest BCUT2D eigenvalue weighted by Crippen LogP contribution is -2.20. The van der Waals surface area contributed by atoms with Crippen LogP contribution in [0.1, 0.15) is 39.2 Å². The Kier molecular flexibility index (Phi) is 6.26. The lowest BCUT2D eigenvalue weighted by molar-refractivity contribution is -0.145. The number of hydrogen-bond donors (Lipinski definition) is 1. The van der Waals surface area contributed by atoms with Gasteiger partial charge >= 0.3 is 5.97 Å². The van der Waals surface area contributed by atoms with E-state index >= 15 is 0 Å². The Morgan fingerprint density at radius 1 is 1.28 bits per heavy atom. The fourth-order valence-electron chi connectivity index (χ4n) is 1.65. The van der Waals surface area contributed by atoms with Gasteiger partial charge in [0.15, 0.2) is 0 Å². The van der Waals surface area contributed by atoms with Crippen LogP contribution in [0.2, 0.25) is 0 Å². The summed E-state index contributed by atoms with van der Waals surface area (Å²) < 4.78 is 5.05.